The second-order valence-corrected chi connectivity index (χ2v) is 10.8. The Balaban J connectivity index is 1.68. The van der Waals surface area contributed by atoms with Crippen molar-refractivity contribution < 1.29 is 17.9 Å². The zero-order valence-corrected chi connectivity index (χ0v) is 19.5. The molecule has 170 valence electrons. The first kappa shape index (κ1) is 23.2. The summed E-state index contributed by atoms with van der Waals surface area (Å²) in [7, 11) is -2.09. The Morgan fingerprint density at radius 3 is 2.61 bits per heavy atom. The number of sulfone groups is 1. The molecular weight excluding hydrogens is 418 g/mol. The van der Waals surface area contributed by atoms with Crippen LogP contribution in [0.15, 0.2) is 23.2 Å². The molecule has 0 saturated carbocycles. The minimum absolute atomic E-state index is 0.00630. The molecule has 1 aromatic carbocycles. The molecule has 1 saturated heterocycles. The molecule has 2 aromatic rings. The van der Waals surface area contributed by atoms with E-state index >= 15 is 0 Å². The first-order chi connectivity index (χ1) is 14.5. The van der Waals surface area contributed by atoms with Crippen LogP contribution in [-0.2, 0) is 26.9 Å². The summed E-state index contributed by atoms with van der Waals surface area (Å²) in [6.45, 7) is 9.42. The molecule has 0 spiro atoms. The largest absolute Gasteiger partial charge is 0.497 e. The van der Waals surface area contributed by atoms with Crippen LogP contribution in [0.4, 0.5) is 0 Å². The molecule has 1 amide bonds. The van der Waals surface area contributed by atoms with Crippen molar-refractivity contribution in [2.24, 2.45) is 5.41 Å². The van der Waals surface area contributed by atoms with Crippen molar-refractivity contribution in [3.63, 3.8) is 0 Å². The number of piperidine rings is 1. The number of nitrogens with zero attached hydrogens (tertiary/aromatic N) is 3. The molecule has 2 heterocycles. The molecule has 0 radical (unpaired) electrons. The molecule has 1 unspecified atom stereocenters. The van der Waals surface area contributed by atoms with Gasteiger partial charge in [0.25, 0.3) is 0 Å². The van der Waals surface area contributed by atoms with Gasteiger partial charge in [0.15, 0.2) is 9.84 Å². The second kappa shape index (κ2) is 8.96. The van der Waals surface area contributed by atoms with Gasteiger partial charge in [0.2, 0.25) is 5.91 Å². The smallest absolute Gasteiger partial charge is 0.242 e. The maximum absolute atomic E-state index is 13.0. The molecule has 9 nitrogen and oxygen atoms in total. The van der Waals surface area contributed by atoms with Crippen molar-refractivity contribution in [1.29, 1.82) is 0 Å². The second-order valence-electron chi connectivity index (χ2n) is 8.83. The van der Waals surface area contributed by atoms with Crippen LogP contribution in [-0.4, -0.2) is 55.6 Å². The van der Waals surface area contributed by atoms with Gasteiger partial charge in [0, 0.05) is 12.6 Å². The lowest BCUT2D eigenvalue weighted by Gasteiger charge is -2.39. The van der Waals surface area contributed by atoms with Crippen molar-refractivity contribution in [3.05, 3.63) is 35.2 Å². The van der Waals surface area contributed by atoms with E-state index in [1.807, 2.05) is 0 Å². The third-order valence-corrected chi connectivity index (χ3v) is 7.62. The van der Waals surface area contributed by atoms with Crippen molar-refractivity contribution in [2.75, 3.05) is 20.2 Å². The van der Waals surface area contributed by atoms with Crippen LogP contribution in [0, 0.1) is 19.3 Å². The molecule has 10 heteroatoms. The Morgan fingerprint density at radius 1 is 1.32 bits per heavy atom. The first-order valence-corrected chi connectivity index (χ1v) is 11.9. The van der Waals surface area contributed by atoms with E-state index in [2.05, 4.69) is 34.8 Å². The number of hydrogen-bond acceptors (Lipinski definition) is 7. The van der Waals surface area contributed by atoms with Crippen molar-refractivity contribution in [2.45, 2.75) is 57.4 Å². The standard InChI is InChI=1S/C21H31N5O4S/c1-14-8-17(30-5)9-15(2)20(14)31(28,29)12-16-10-26(25-24-16)11-19(27)23-18-6-7-22-13-21(18,3)4/h8-10,18,22H,6-7,11-13H2,1-5H3,(H,23,27). The lowest BCUT2D eigenvalue weighted by atomic mass is 9.80. The fourth-order valence-corrected chi connectivity index (χ4v) is 5.86. The quantitative estimate of drug-likeness (QED) is 0.656. The molecule has 31 heavy (non-hydrogen) atoms. The highest BCUT2D eigenvalue weighted by Crippen LogP contribution is 2.28. The Kier molecular flexibility index (Phi) is 6.70. The van der Waals surface area contributed by atoms with E-state index in [0.29, 0.717) is 22.6 Å². The van der Waals surface area contributed by atoms with Crippen LogP contribution in [0.3, 0.4) is 0 Å². The van der Waals surface area contributed by atoms with E-state index < -0.39 is 9.84 Å². The number of methoxy groups -OCH3 is 1. The lowest BCUT2D eigenvalue weighted by molar-refractivity contribution is -0.123. The average molecular weight is 450 g/mol. The third-order valence-electron chi connectivity index (χ3n) is 5.68. The lowest BCUT2D eigenvalue weighted by Crippen LogP contribution is -2.54. The highest BCUT2D eigenvalue weighted by atomic mass is 32.2. The van der Waals surface area contributed by atoms with Crippen LogP contribution in [0.1, 0.15) is 37.1 Å². The van der Waals surface area contributed by atoms with Gasteiger partial charge >= 0.3 is 0 Å². The summed E-state index contributed by atoms with van der Waals surface area (Å²) >= 11 is 0. The predicted molar refractivity (Wildman–Crippen MR) is 117 cm³/mol. The van der Waals surface area contributed by atoms with E-state index in [0.717, 1.165) is 19.5 Å². The molecule has 0 aliphatic carbocycles. The monoisotopic (exact) mass is 449 g/mol. The SMILES string of the molecule is COc1cc(C)c(S(=O)(=O)Cc2cn(CC(=O)NC3CCNCC3(C)C)nn2)c(C)c1. The van der Waals surface area contributed by atoms with Gasteiger partial charge in [-0.15, -0.1) is 5.10 Å². The van der Waals surface area contributed by atoms with E-state index in [-0.39, 0.29) is 34.6 Å². The van der Waals surface area contributed by atoms with Crippen LogP contribution < -0.4 is 15.4 Å². The number of carbonyl (C=O) groups excluding carboxylic acids is 1. The number of aromatic nitrogens is 3. The summed E-state index contributed by atoms with van der Waals surface area (Å²) < 4.78 is 32.6. The summed E-state index contributed by atoms with van der Waals surface area (Å²) in [5, 5.41) is 14.3. The normalized spacial score (nSPS) is 18.5. The van der Waals surface area contributed by atoms with Crippen molar-refractivity contribution in [1.82, 2.24) is 25.6 Å². The zero-order chi connectivity index (χ0) is 22.8. The molecule has 0 bridgehead atoms. The number of carbonyl (C=O) groups is 1. The Bertz CT molecular complexity index is 1040. The van der Waals surface area contributed by atoms with Gasteiger partial charge in [0.1, 0.15) is 18.0 Å². The molecule has 1 atom stereocenters. The van der Waals surface area contributed by atoms with Crippen molar-refractivity contribution in [3.8, 4) is 5.75 Å². The van der Waals surface area contributed by atoms with Gasteiger partial charge < -0.3 is 15.4 Å². The number of nitrogens with one attached hydrogen (secondary N) is 2. The number of ether oxygens (including phenoxy) is 1. The molecule has 1 aliphatic heterocycles. The Hall–Kier alpha value is -2.46. The van der Waals surface area contributed by atoms with Crippen LogP contribution in [0.2, 0.25) is 0 Å². The van der Waals surface area contributed by atoms with Gasteiger partial charge in [0.05, 0.1) is 23.9 Å². The summed E-state index contributed by atoms with van der Waals surface area (Å²) in [4.78, 5) is 12.8. The van der Waals surface area contributed by atoms with Crippen LogP contribution in [0.5, 0.6) is 5.75 Å². The number of benzene rings is 1. The number of aryl methyl sites for hydroxylation is 2. The van der Waals surface area contributed by atoms with E-state index in [1.54, 1.807) is 33.1 Å². The Morgan fingerprint density at radius 2 is 2.00 bits per heavy atom. The average Bonchev–Trinajstić information content (AvgIpc) is 3.08. The zero-order valence-electron chi connectivity index (χ0n) is 18.7. The maximum atomic E-state index is 13.0. The molecule has 1 aliphatic rings. The number of rotatable bonds is 7. The first-order valence-electron chi connectivity index (χ1n) is 10.3. The van der Waals surface area contributed by atoms with Crippen LogP contribution >= 0.6 is 0 Å². The minimum Gasteiger partial charge on any atom is -0.497 e. The topological polar surface area (TPSA) is 115 Å². The molecule has 2 N–H and O–H groups in total. The van der Waals surface area contributed by atoms with E-state index in [9.17, 15) is 13.2 Å². The highest BCUT2D eigenvalue weighted by molar-refractivity contribution is 7.90. The van der Waals surface area contributed by atoms with Crippen LogP contribution in [0.25, 0.3) is 0 Å². The van der Waals surface area contributed by atoms with Gasteiger partial charge in [-0.25, -0.2) is 13.1 Å². The number of hydrogen-bond donors (Lipinski definition) is 2. The molecule has 1 aromatic heterocycles. The summed E-state index contributed by atoms with van der Waals surface area (Å²) in [5.41, 5.74) is 1.50. The number of amides is 1. The fourth-order valence-electron chi connectivity index (χ4n) is 4.09. The van der Waals surface area contributed by atoms with Gasteiger partial charge in [-0.05, 0) is 55.5 Å². The molecule has 3 rings (SSSR count). The van der Waals surface area contributed by atoms with Gasteiger partial charge in [-0.3, -0.25) is 4.79 Å². The van der Waals surface area contributed by atoms with Gasteiger partial charge in [-0.2, -0.15) is 0 Å². The van der Waals surface area contributed by atoms with Crippen molar-refractivity contribution >= 4 is 15.7 Å². The fraction of sp³-hybridized carbons (Fsp3) is 0.571. The maximum Gasteiger partial charge on any atom is 0.242 e. The molecule has 1 fully saturated rings. The van der Waals surface area contributed by atoms with Gasteiger partial charge in [-0.1, -0.05) is 19.1 Å². The summed E-state index contributed by atoms with van der Waals surface area (Å²) in [6.07, 6.45) is 2.37. The summed E-state index contributed by atoms with van der Waals surface area (Å²) in [5.74, 6) is 0.160. The third kappa shape index (κ3) is 5.43. The predicted octanol–water partition coefficient (Wildman–Crippen LogP) is 1.38. The Labute approximate surface area is 183 Å². The van der Waals surface area contributed by atoms with E-state index in [4.69, 9.17) is 4.74 Å². The molecular formula is C21H31N5O4S. The minimum atomic E-state index is -3.63. The van der Waals surface area contributed by atoms with E-state index in [1.165, 1.54) is 10.9 Å². The highest BCUT2D eigenvalue weighted by Gasteiger charge is 2.33. The summed E-state index contributed by atoms with van der Waals surface area (Å²) in [6, 6.07) is 3.47.